The summed E-state index contributed by atoms with van der Waals surface area (Å²) in [7, 11) is 0. The predicted octanol–water partition coefficient (Wildman–Crippen LogP) is 5.29. The third kappa shape index (κ3) is 4.94. The number of nitrogens with zero attached hydrogens (tertiary/aromatic N) is 5. The van der Waals surface area contributed by atoms with Crippen LogP contribution in [0.15, 0.2) is 35.8 Å². The molecule has 0 aliphatic carbocycles. The van der Waals surface area contributed by atoms with E-state index < -0.39 is 30.4 Å². The number of halogens is 3. The molecule has 2 fully saturated rings. The van der Waals surface area contributed by atoms with E-state index in [-0.39, 0.29) is 18.8 Å². The monoisotopic (exact) mass is 535 g/mol. The minimum Gasteiger partial charge on any atom is -0.480 e. The van der Waals surface area contributed by atoms with Crippen molar-refractivity contribution in [1.29, 1.82) is 0 Å². The molecule has 5 rings (SSSR count). The lowest BCUT2D eigenvalue weighted by atomic mass is 10.2. The molecule has 0 amide bonds. The van der Waals surface area contributed by atoms with Gasteiger partial charge >= 0.3 is 5.97 Å². The highest BCUT2D eigenvalue weighted by molar-refractivity contribution is 7.13. The summed E-state index contributed by atoms with van der Waals surface area (Å²) in [6.07, 6.45) is 0.262. The predicted molar refractivity (Wildman–Crippen MR) is 133 cm³/mol. The van der Waals surface area contributed by atoms with Crippen LogP contribution in [0.25, 0.3) is 10.6 Å². The lowest BCUT2D eigenvalue weighted by Gasteiger charge is -2.26. The van der Waals surface area contributed by atoms with Gasteiger partial charge in [0.05, 0.1) is 22.1 Å². The Bertz CT molecular complexity index is 1250. The summed E-state index contributed by atoms with van der Waals surface area (Å²) in [4.78, 5) is 28.9. The third-order valence-corrected chi connectivity index (χ3v) is 7.58. The maximum absolute atomic E-state index is 13.6. The molecule has 5 heterocycles. The van der Waals surface area contributed by atoms with E-state index in [1.807, 2.05) is 5.38 Å². The maximum Gasteiger partial charge on any atom is 0.326 e. The zero-order valence-electron chi connectivity index (χ0n) is 19.4. The molecule has 2 aliphatic rings. The number of pyridine rings is 1. The smallest absolute Gasteiger partial charge is 0.326 e. The van der Waals surface area contributed by atoms with Crippen LogP contribution in [0.3, 0.4) is 0 Å². The molecule has 36 heavy (non-hydrogen) atoms. The summed E-state index contributed by atoms with van der Waals surface area (Å²) in [5.74, 6) is -1.23. The number of rotatable bonds is 7. The number of carboxylic acid groups (broad SMARTS) is 1. The third-order valence-electron chi connectivity index (χ3n) is 6.48. The van der Waals surface area contributed by atoms with Gasteiger partial charge < -0.3 is 19.6 Å². The van der Waals surface area contributed by atoms with E-state index >= 15 is 0 Å². The fourth-order valence-corrected chi connectivity index (χ4v) is 5.62. The van der Waals surface area contributed by atoms with Crippen molar-refractivity contribution < 1.29 is 23.4 Å². The van der Waals surface area contributed by atoms with Gasteiger partial charge in [0.25, 0.3) is 6.43 Å². The summed E-state index contributed by atoms with van der Waals surface area (Å²) in [6, 6.07) is 6.20. The van der Waals surface area contributed by atoms with Gasteiger partial charge in [-0.2, -0.15) is 0 Å². The molecule has 2 saturated heterocycles. The average Bonchev–Trinajstić information content (AvgIpc) is 3.61. The van der Waals surface area contributed by atoms with Crippen LogP contribution in [-0.2, 0) is 4.79 Å². The summed E-state index contributed by atoms with van der Waals surface area (Å²) in [5.41, 5.74) is 1.09. The lowest BCUT2D eigenvalue weighted by Crippen LogP contribution is -2.37. The summed E-state index contributed by atoms with van der Waals surface area (Å²) in [5, 5.41) is 12.2. The van der Waals surface area contributed by atoms with Crippen molar-refractivity contribution in [3.63, 3.8) is 0 Å². The first-order valence-corrected chi connectivity index (χ1v) is 12.8. The Morgan fingerprint density at radius 3 is 2.81 bits per heavy atom. The van der Waals surface area contributed by atoms with Gasteiger partial charge in [-0.25, -0.2) is 28.5 Å². The number of thiophene rings is 1. The Balaban J connectivity index is 1.45. The zero-order valence-corrected chi connectivity index (χ0v) is 20.9. The van der Waals surface area contributed by atoms with Crippen LogP contribution in [0, 0.1) is 0 Å². The van der Waals surface area contributed by atoms with Crippen molar-refractivity contribution in [2.75, 3.05) is 22.9 Å². The summed E-state index contributed by atoms with van der Waals surface area (Å²) in [6.45, 7) is 3.10. The fraction of sp³-hybridized carbons (Fsp3) is 0.417. The van der Waals surface area contributed by atoms with Crippen LogP contribution in [0.2, 0.25) is 5.02 Å². The van der Waals surface area contributed by atoms with Crippen molar-refractivity contribution in [3.8, 4) is 16.5 Å². The molecule has 3 aromatic heterocycles. The Kier molecular flexibility index (Phi) is 6.94. The minimum absolute atomic E-state index is 0.125. The molecule has 0 spiro atoms. The average molecular weight is 536 g/mol. The number of hydrogen-bond donors (Lipinski definition) is 1. The zero-order chi connectivity index (χ0) is 25.4. The van der Waals surface area contributed by atoms with E-state index in [4.69, 9.17) is 16.3 Å². The number of anilines is 2. The summed E-state index contributed by atoms with van der Waals surface area (Å²) < 4.78 is 33.5. The van der Waals surface area contributed by atoms with E-state index in [0.29, 0.717) is 27.5 Å². The van der Waals surface area contributed by atoms with Crippen LogP contribution in [-0.4, -0.2) is 57.3 Å². The van der Waals surface area contributed by atoms with E-state index in [1.54, 1.807) is 24.3 Å². The second kappa shape index (κ2) is 10.1. The highest BCUT2D eigenvalue weighted by atomic mass is 35.5. The Hall–Kier alpha value is -3.05. The summed E-state index contributed by atoms with van der Waals surface area (Å²) >= 11 is 7.57. The molecule has 12 heteroatoms. The molecule has 0 aromatic carbocycles. The first kappa shape index (κ1) is 24.6. The maximum atomic E-state index is 13.6. The first-order chi connectivity index (χ1) is 17.3. The second-order valence-electron chi connectivity index (χ2n) is 8.89. The van der Waals surface area contributed by atoms with Gasteiger partial charge in [-0.15, -0.1) is 11.3 Å². The SMILES string of the molecule is C[C@H]1CCCN1c1cc(Cl)cnc1O[C@H]1C[C@@H](C(=O)O)N(c2cc(-c3cccs3)nc(C(F)F)n2)C1. The van der Waals surface area contributed by atoms with Gasteiger partial charge in [-0.1, -0.05) is 17.7 Å². The Morgan fingerprint density at radius 1 is 1.31 bits per heavy atom. The largest absolute Gasteiger partial charge is 0.480 e. The molecular weight excluding hydrogens is 512 g/mol. The van der Waals surface area contributed by atoms with Crippen LogP contribution in [0.5, 0.6) is 5.88 Å². The van der Waals surface area contributed by atoms with E-state index in [9.17, 15) is 18.7 Å². The van der Waals surface area contributed by atoms with Crippen LogP contribution < -0.4 is 14.5 Å². The standard InChI is InChI=1S/C24H24ClF2N5O3S/c1-13-4-2-6-31(13)17-8-14(25)11-28-23(17)35-15-9-18(24(33)34)32(12-15)20-10-16(19-5-3-7-36-19)29-22(30-20)21(26)27/h3,5,7-8,10-11,13,15,18,21H,2,4,6,9,12H2,1H3,(H,33,34)/t13-,15-,18-/m0/s1. The van der Waals surface area contributed by atoms with Gasteiger partial charge in [-0.05, 0) is 37.3 Å². The van der Waals surface area contributed by atoms with Gasteiger partial charge in [-0.3, -0.25) is 0 Å². The van der Waals surface area contributed by atoms with E-state index in [1.165, 1.54) is 22.4 Å². The topological polar surface area (TPSA) is 91.7 Å². The second-order valence-corrected chi connectivity index (χ2v) is 10.3. The molecular formula is C24H24ClF2N5O3S. The number of aliphatic carboxylic acids is 1. The Morgan fingerprint density at radius 2 is 2.14 bits per heavy atom. The number of hydrogen-bond acceptors (Lipinski definition) is 8. The van der Waals surface area contributed by atoms with E-state index in [0.717, 1.165) is 25.1 Å². The number of carbonyl (C=O) groups is 1. The highest BCUT2D eigenvalue weighted by Crippen LogP contribution is 2.37. The molecule has 2 aliphatic heterocycles. The molecule has 190 valence electrons. The number of carboxylic acids is 1. The Labute approximate surface area is 215 Å². The molecule has 0 unspecified atom stereocenters. The molecule has 1 N–H and O–H groups in total. The number of ether oxygens (including phenoxy) is 1. The number of alkyl halides is 2. The first-order valence-electron chi connectivity index (χ1n) is 11.6. The normalized spacial score (nSPS) is 22.0. The fourth-order valence-electron chi connectivity index (χ4n) is 4.78. The van der Waals surface area contributed by atoms with Crippen molar-refractivity contribution in [3.05, 3.63) is 46.7 Å². The van der Waals surface area contributed by atoms with Gasteiger partial charge in [0.15, 0.2) is 5.82 Å². The molecule has 3 aromatic rings. The highest BCUT2D eigenvalue weighted by Gasteiger charge is 2.40. The van der Waals surface area contributed by atoms with Crippen molar-refractivity contribution in [2.24, 2.45) is 0 Å². The van der Waals surface area contributed by atoms with Crippen molar-refractivity contribution in [1.82, 2.24) is 15.0 Å². The van der Waals surface area contributed by atoms with Crippen LogP contribution in [0.4, 0.5) is 20.3 Å². The molecule has 0 saturated carbocycles. The molecule has 0 radical (unpaired) electrons. The van der Waals surface area contributed by atoms with Gasteiger partial charge in [0.2, 0.25) is 5.88 Å². The molecule has 0 bridgehead atoms. The van der Waals surface area contributed by atoms with E-state index in [2.05, 4.69) is 26.8 Å². The molecule has 8 nitrogen and oxygen atoms in total. The molecule has 3 atom stereocenters. The van der Waals surface area contributed by atoms with Gasteiger partial charge in [0, 0.05) is 31.3 Å². The van der Waals surface area contributed by atoms with Crippen LogP contribution >= 0.6 is 22.9 Å². The van der Waals surface area contributed by atoms with Crippen molar-refractivity contribution >= 4 is 40.4 Å². The van der Waals surface area contributed by atoms with Gasteiger partial charge in [0.1, 0.15) is 23.7 Å². The van der Waals surface area contributed by atoms with Crippen LogP contribution in [0.1, 0.15) is 38.4 Å². The minimum atomic E-state index is -2.90. The number of aromatic nitrogens is 3. The quantitative estimate of drug-likeness (QED) is 0.436. The lowest BCUT2D eigenvalue weighted by molar-refractivity contribution is -0.138. The van der Waals surface area contributed by atoms with Crippen molar-refractivity contribution in [2.45, 2.75) is 50.8 Å².